The van der Waals surface area contributed by atoms with Crippen molar-refractivity contribution < 1.29 is 8.42 Å². The predicted octanol–water partition coefficient (Wildman–Crippen LogP) is 1.07. The lowest BCUT2D eigenvalue weighted by atomic mass is 10.4. The lowest BCUT2D eigenvalue weighted by Gasteiger charge is -2.23. The molecule has 0 radical (unpaired) electrons. The second-order valence-electron chi connectivity index (χ2n) is 2.70. The Hall–Kier alpha value is -0.0900. The standard InChI is InChI=1S/C7H17NO2S/c1-5-8(7(3)4)11(9,10)6-2/h7H,5-6H2,1-4H3. The predicted molar refractivity (Wildman–Crippen MR) is 47.0 cm³/mol. The molecule has 0 aromatic heterocycles. The Bertz CT molecular complexity index is 196. The molecule has 3 nitrogen and oxygen atoms in total. The highest BCUT2D eigenvalue weighted by Gasteiger charge is 2.20. The third-order valence-electron chi connectivity index (χ3n) is 1.61. The molecule has 68 valence electrons. The molecule has 0 aromatic rings. The Kier molecular flexibility index (Phi) is 4.03. The molecule has 0 bridgehead atoms. The molecular formula is C7H17NO2S. The normalized spacial score (nSPS) is 12.9. The average Bonchev–Trinajstić information content (AvgIpc) is 1.88. The Morgan fingerprint density at radius 3 is 1.82 bits per heavy atom. The van der Waals surface area contributed by atoms with E-state index in [0.717, 1.165) is 0 Å². The lowest BCUT2D eigenvalue weighted by Crippen LogP contribution is -2.37. The molecule has 0 amide bonds. The Morgan fingerprint density at radius 2 is 1.73 bits per heavy atom. The molecule has 11 heavy (non-hydrogen) atoms. The highest BCUT2D eigenvalue weighted by atomic mass is 32.2. The maximum Gasteiger partial charge on any atom is 0.214 e. The Balaban J connectivity index is 4.51. The molecule has 0 aliphatic carbocycles. The molecule has 4 heteroatoms. The van der Waals surface area contributed by atoms with Crippen LogP contribution in [0.15, 0.2) is 0 Å². The molecule has 0 aliphatic rings. The van der Waals surface area contributed by atoms with Crippen LogP contribution in [-0.4, -0.2) is 31.1 Å². The fourth-order valence-corrected chi connectivity index (χ4v) is 2.42. The highest BCUT2D eigenvalue weighted by Crippen LogP contribution is 2.05. The highest BCUT2D eigenvalue weighted by molar-refractivity contribution is 7.89. The van der Waals surface area contributed by atoms with Crippen molar-refractivity contribution in [3.05, 3.63) is 0 Å². The fraction of sp³-hybridized carbons (Fsp3) is 1.00. The maximum atomic E-state index is 11.3. The van der Waals surface area contributed by atoms with Gasteiger partial charge >= 0.3 is 0 Å². The van der Waals surface area contributed by atoms with E-state index in [4.69, 9.17) is 0 Å². The van der Waals surface area contributed by atoms with Gasteiger partial charge in [-0.3, -0.25) is 0 Å². The fourth-order valence-electron chi connectivity index (χ4n) is 1.05. The van der Waals surface area contributed by atoms with Crippen LogP contribution in [-0.2, 0) is 10.0 Å². The van der Waals surface area contributed by atoms with E-state index in [-0.39, 0.29) is 11.8 Å². The third-order valence-corrected chi connectivity index (χ3v) is 3.73. The van der Waals surface area contributed by atoms with Crippen LogP contribution < -0.4 is 0 Å². The molecule has 0 fully saturated rings. The quantitative estimate of drug-likeness (QED) is 0.647. The molecule has 0 atom stereocenters. The van der Waals surface area contributed by atoms with Gasteiger partial charge in [-0.2, -0.15) is 4.31 Å². The number of hydrogen-bond donors (Lipinski definition) is 0. The first kappa shape index (κ1) is 10.9. The van der Waals surface area contributed by atoms with Crippen LogP contribution in [0.2, 0.25) is 0 Å². The molecule has 0 aromatic carbocycles. The topological polar surface area (TPSA) is 37.4 Å². The third kappa shape index (κ3) is 2.79. The number of hydrogen-bond acceptors (Lipinski definition) is 2. The van der Waals surface area contributed by atoms with E-state index in [2.05, 4.69) is 0 Å². The molecule has 0 rings (SSSR count). The van der Waals surface area contributed by atoms with Crippen LogP contribution >= 0.6 is 0 Å². The Labute approximate surface area is 69.4 Å². The monoisotopic (exact) mass is 179 g/mol. The summed E-state index contributed by atoms with van der Waals surface area (Å²) in [5, 5.41) is 0. The van der Waals surface area contributed by atoms with E-state index in [1.54, 1.807) is 6.92 Å². The first-order chi connectivity index (χ1) is 4.95. The van der Waals surface area contributed by atoms with Crippen molar-refractivity contribution >= 4 is 10.0 Å². The van der Waals surface area contributed by atoms with E-state index in [1.807, 2.05) is 20.8 Å². The second-order valence-corrected chi connectivity index (χ2v) is 4.91. The average molecular weight is 179 g/mol. The van der Waals surface area contributed by atoms with Crippen LogP contribution in [0.25, 0.3) is 0 Å². The molecule has 0 saturated heterocycles. The number of sulfonamides is 1. The van der Waals surface area contributed by atoms with Gasteiger partial charge in [0.15, 0.2) is 0 Å². The molecule has 0 aliphatic heterocycles. The number of nitrogens with zero attached hydrogens (tertiary/aromatic N) is 1. The molecule has 0 N–H and O–H groups in total. The molecule has 0 spiro atoms. The van der Waals surface area contributed by atoms with E-state index >= 15 is 0 Å². The molecule has 0 saturated carbocycles. The first-order valence-corrected chi connectivity index (χ1v) is 5.56. The minimum atomic E-state index is -2.98. The summed E-state index contributed by atoms with van der Waals surface area (Å²) in [6, 6.07) is 0.0740. The van der Waals surface area contributed by atoms with Crippen molar-refractivity contribution in [2.24, 2.45) is 0 Å². The van der Waals surface area contributed by atoms with E-state index in [0.29, 0.717) is 6.54 Å². The van der Waals surface area contributed by atoms with Crippen molar-refractivity contribution in [2.75, 3.05) is 12.3 Å². The van der Waals surface area contributed by atoms with Gasteiger partial charge in [0.05, 0.1) is 5.75 Å². The van der Waals surface area contributed by atoms with Crippen molar-refractivity contribution in [1.82, 2.24) is 4.31 Å². The zero-order valence-electron chi connectivity index (χ0n) is 7.66. The zero-order valence-corrected chi connectivity index (χ0v) is 8.48. The molecular weight excluding hydrogens is 162 g/mol. The van der Waals surface area contributed by atoms with Gasteiger partial charge in [-0.25, -0.2) is 8.42 Å². The molecule has 0 unspecified atom stereocenters. The second kappa shape index (κ2) is 4.07. The van der Waals surface area contributed by atoms with Gasteiger partial charge in [-0.15, -0.1) is 0 Å². The van der Waals surface area contributed by atoms with Gasteiger partial charge in [-0.05, 0) is 20.8 Å². The smallest absolute Gasteiger partial charge is 0.212 e. The van der Waals surface area contributed by atoms with Gasteiger partial charge < -0.3 is 0 Å². The van der Waals surface area contributed by atoms with Gasteiger partial charge in [0.1, 0.15) is 0 Å². The van der Waals surface area contributed by atoms with Gasteiger partial charge in [0.25, 0.3) is 0 Å². The van der Waals surface area contributed by atoms with E-state index in [1.165, 1.54) is 4.31 Å². The summed E-state index contributed by atoms with van der Waals surface area (Å²) < 4.78 is 24.1. The summed E-state index contributed by atoms with van der Waals surface area (Å²) in [5.41, 5.74) is 0. The van der Waals surface area contributed by atoms with Crippen LogP contribution in [0.3, 0.4) is 0 Å². The van der Waals surface area contributed by atoms with Crippen LogP contribution in [0.5, 0.6) is 0 Å². The van der Waals surface area contributed by atoms with Crippen LogP contribution in [0, 0.1) is 0 Å². The zero-order chi connectivity index (χ0) is 9.07. The molecule has 0 heterocycles. The largest absolute Gasteiger partial charge is 0.214 e. The summed E-state index contributed by atoms with van der Waals surface area (Å²) in [5.74, 6) is 0.193. The van der Waals surface area contributed by atoms with Crippen LogP contribution in [0.1, 0.15) is 27.7 Å². The van der Waals surface area contributed by atoms with Crippen molar-refractivity contribution in [3.63, 3.8) is 0 Å². The van der Waals surface area contributed by atoms with Gasteiger partial charge in [0, 0.05) is 12.6 Å². The Morgan fingerprint density at radius 1 is 1.27 bits per heavy atom. The summed E-state index contributed by atoms with van der Waals surface area (Å²) in [6.07, 6.45) is 0. The summed E-state index contributed by atoms with van der Waals surface area (Å²) >= 11 is 0. The summed E-state index contributed by atoms with van der Waals surface area (Å²) in [7, 11) is -2.98. The minimum absolute atomic E-state index is 0.0740. The summed E-state index contributed by atoms with van der Waals surface area (Å²) in [4.78, 5) is 0. The summed E-state index contributed by atoms with van der Waals surface area (Å²) in [6.45, 7) is 7.86. The SMILES string of the molecule is CCN(C(C)C)S(=O)(=O)CC. The van der Waals surface area contributed by atoms with Crippen LogP contribution in [0.4, 0.5) is 0 Å². The maximum absolute atomic E-state index is 11.3. The van der Waals surface area contributed by atoms with Crippen molar-refractivity contribution in [1.29, 1.82) is 0 Å². The van der Waals surface area contributed by atoms with Crippen molar-refractivity contribution in [3.8, 4) is 0 Å². The van der Waals surface area contributed by atoms with Crippen molar-refractivity contribution in [2.45, 2.75) is 33.7 Å². The first-order valence-electron chi connectivity index (χ1n) is 3.95. The van der Waals surface area contributed by atoms with E-state index < -0.39 is 10.0 Å². The van der Waals surface area contributed by atoms with Gasteiger partial charge in [-0.1, -0.05) is 6.92 Å². The van der Waals surface area contributed by atoms with E-state index in [9.17, 15) is 8.42 Å². The lowest BCUT2D eigenvalue weighted by molar-refractivity contribution is 0.370. The number of rotatable bonds is 4. The minimum Gasteiger partial charge on any atom is -0.212 e. The van der Waals surface area contributed by atoms with Gasteiger partial charge in [0.2, 0.25) is 10.0 Å².